The Kier molecular flexibility index (Phi) is 8.40. The molecule has 30 heavy (non-hydrogen) atoms. The van der Waals surface area contributed by atoms with Crippen molar-refractivity contribution < 1.29 is 14.3 Å². The number of rotatable bonds is 11. The molecule has 0 spiro atoms. The number of carbonyl (C=O) groups is 2. The predicted molar refractivity (Wildman–Crippen MR) is 119 cm³/mol. The predicted octanol–water partition coefficient (Wildman–Crippen LogP) is 5.22. The van der Waals surface area contributed by atoms with Crippen molar-refractivity contribution in [2.24, 2.45) is 5.92 Å². The van der Waals surface area contributed by atoms with Crippen LogP contribution in [0.3, 0.4) is 0 Å². The molecule has 0 bridgehead atoms. The third kappa shape index (κ3) is 7.32. The zero-order chi connectivity index (χ0) is 21.0. The van der Waals surface area contributed by atoms with Crippen LogP contribution in [-0.2, 0) is 33.6 Å². The van der Waals surface area contributed by atoms with Crippen LogP contribution in [0.15, 0.2) is 91.0 Å². The van der Waals surface area contributed by atoms with E-state index in [1.165, 1.54) is 0 Å². The Morgan fingerprint density at radius 2 is 1.10 bits per heavy atom. The minimum atomic E-state index is -0.322. The van der Waals surface area contributed by atoms with Crippen LogP contribution in [0.2, 0.25) is 0 Å². The van der Waals surface area contributed by atoms with Gasteiger partial charge in [-0.15, -0.1) is 0 Å². The second-order valence-electron chi connectivity index (χ2n) is 7.51. The van der Waals surface area contributed by atoms with Gasteiger partial charge < -0.3 is 4.74 Å². The fourth-order valence-electron chi connectivity index (χ4n) is 3.44. The van der Waals surface area contributed by atoms with Crippen LogP contribution in [0.1, 0.15) is 29.5 Å². The van der Waals surface area contributed by atoms with Crippen molar-refractivity contribution in [2.75, 3.05) is 6.61 Å². The van der Waals surface area contributed by atoms with Crippen molar-refractivity contribution in [3.05, 3.63) is 108 Å². The normalized spacial score (nSPS) is 11.6. The molecule has 154 valence electrons. The molecule has 0 N–H and O–H groups in total. The van der Waals surface area contributed by atoms with Crippen LogP contribution >= 0.6 is 0 Å². The van der Waals surface area contributed by atoms with Gasteiger partial charge in [0.1, 0.15) is 12.4 Å². The van der Waals surface area contributed by atoms with E-state index in [1.54, 1.807) is 0 Å². The molecule has 0 radical (unpaired) electrons. The summed E-state index contributed by atoms with van der Waals surface area (Å²) in [6.07, 6.45) is 2.70. The maximum Gasteiger partial charge on any atom is 0.306 e. The number of carbonyl (C=O) groups excluding carboxylic acids is 2. The van der Waals surface area contributed by atoms with E-state index in [1.807, 2.05) is 91.0 Å². The van der Waals surface area contributed by atoms with Crippen LogP contribution in [0.5, 0.6) is 0 Å². The zero-order valence-electron chi connectivity index (χ0n) is 17.2. The van der Waals surface area contributed by atoms with E-state index < -0.39 is 0 Å². The van der Waals surface area contributed by atoms with Crippen molar-refractivity contribution in [3.8, 4) is 0 Å². The van der Waals surface area contributed by atoms with Gasteiger partial charge in [-0.3, -0.25) is 9.59 Å². The maximum atomic E-state index is 12.9. The smallest absolute Gasteiger partial charge is 0.306 e. The monoisotopic (exact) mass is 400 g/mol. The molecule has 3 heteroatoms. The lowest BCUT2D eigenvalue weighted by Crippen LogP contribution is -2.25. The summed E-state index contributed by atoms with van der Waals surface area (Å²) in [5.41, 5.74) is 3.33. The van der Waals surface area contributed by atoms with Gasteiger partial charge in [0.25, 0.3) is 0 Å². The number of ketones is 1. The number of esters is 1. The summed E-state index contributed by atoms with van der Waals surface area (Å²) in [7, 11) is 0. The molecule has 3 rings (SSSR count). The van der Waals surface area contributed by atoms with Crippen molar-refractivity contribution in [1.82, 2.24) is 0 Å². The quantitative estimate of drug-likeness (QED) is 0.414. The van der Waals surface area contributed by atoms with Gasteiger partial charge in [-0.25, -0.2) is 0 Å². The topological polar surface area (TPSA) is 43.4 Å². The van der Waals surface area contributed by atoms with E-state index in [0.717, 1.165) is 16.7 Å². The maximum absolute atomic E-state index is 12.9. The summed E-state index contributed by atoms with van der Waals surface area (Å²) in [5.74, 6) is -0.442. The molecule has 1 atom stereocenters. The molecule has 0 aliphatic rings. The molecule has 0 aromatic heterocycles. The average Bonchev–Trinajstić information content (AvgIpc) is 2.81. The molecule has 3 aromatic carbocycles. The largest absolute Gasteiger partial charge is 0.465 e. The lowest BCUT2D eigenvalue weighted by Gasteiger charge is -2.16. The molecule has 0 aliphatic carbocycles. The van der Waals surface area contributed by atoms with Gasteiger partial charge in [0.05, 0.1) is 5.92 Å². The standard InChI is InChI=1S/C27H28O3/c28-26(18-16-22-10-4-1-5-11-22)25(20-24-14-8-3-9-15-24)21-30-27(29)19-17-23-12-6-2-7-13-23/h1-15,25H,16-21H2. The lowest BCUT2D eigenvalue weighted by molar-refractivity contribution is -0.146. The third-order valence-electron chi connectivity index (χ3n) is 5.19. The summed E-state index contributed by atoms with van der Waals surface area (Å²) >= 11 is 0. The molecule has 1 unspecified atom stereocenters. The van der Waals surface area contributed by atoms with Crippen LogP contribution < -0.4 is 0 Å². The number of Topliss-reactive ketones (excluding diaryl/α,β-unsaturated/α-hetero) is 1. The van der Waals surface area contributed by atoms with Crippen molar-refractivity contribution >= 4 is 11.8 Å². The summed E-state index contributed by atoms with van der Waals surface area (Å²) < 4.78 is 5.51. The van der Waals surface area contributed by atoms with Gasteiger partial charge in [0.15, 0.2) is 0 Å². The van der Waals surface area contributed by atoms with E-state index in [4.69, 9.17) is 4.74 Å². The molecular formula is C27H28O3. The second kappa shape index (κ2) is 11.7. The Labute approximate surface area is 178 Å². The zero-order valence-corrected chi connectivity index (χ0v) is 17.2. The number of ether oxygens (including phenoxy) is 1. The van der Waals surface area contributed by atoms with E-state index in [0.29, 0.717) is 32.1 Å². The summed E-state index contributed by atoms with van der Waals surface area (Å²) in [5, 5.41) is 0. The van der Waals surface area contributed by atoms with E-state index in [-0.39, 0.29) is 24.3 Å². The van der Waals surface area contributed by atoms with Crippen LogP contribution in [0, 0.1) is 5.92 Å². The fourth-order valence-corrected chi connectivity index (χ4v) is 3.44. The fraction of sp³-hybridized carbons (Fsp3) is 0.259. The minimum Gasteiger partial charge on any atom is -0.465 e. The van der Waals surface area contributed by atoms with Gasteiger partial charge in [-0.1, -0.05) is 91.0 Å². The van der Waals surface area contributed by atoms with Crippen molar-refractivity contribution in [1.29, 1.82) is 0 Å². The number of aryl methyl sites for hydroxylation is 2. The number of hydrogen-bond acceptors (Lipinski definition) is 3. The Morgan fingerprint density at radius 3 is 1.63 bits per heavy atom. The van der Waals surface area contributed by atoms with Gasteiger partial charge >= 0.3 is 5.97 Å². The second-order valence-corrected chi connectivity index (χ2v) is 7.51. The first-order valence-electron chi connectivity index (χ1n) is 10.5. The van der Waals surface area contributed by atoms with Crippen molar-refractivity contribution in [3.63, 3.8) is 0 Å². The first kappa shape index (κ1) is 21.5. The first-order chi connectivity index (χ1) is 14.7. The molecule has 0 fully saturated rings. The molecule has 3 nitrogen and oxygen atoms in total. The molecule has 0 amide bonds. The van der Waals surface area contributed by atoms with Crippen LogP contribution in [0.25, 0.3) is 0 Å². The molecular weight excluding hydrogens is 372 g/mol. The average molecular weight is 401 g/mol. The highest BCUT2D eigenvalue weighted by Gasteiger charge is 2.21. The highest BCUT2D eigenvalue weighted by Crippen LogP contribution is 2.15. The van der Waals surface area contributed by atoms with Gasteiger partial charge in [0.2, 0.25) is 0 Å². The van der Waals surface area contributed by atoms with E-state index in [9.17, 15) is 9.59 Å². The highest BCUT2D eigenvalue weighted by molar-refractivity contribution is 5.82. The molecule has 0 saturated heterocycles. The summed E-state index contributed by atoms with van der Waals surface area (Å²) in [6, 6.07) is 29.8. The van der Waals surface area contributed by atoms with Gasteiger partial charge in [0, 0.05) is 12.8 Å². The van der Waals surface area contributed by atoms with Gasteiger partial charge in [-0.2, -0.15) is 0 Å². The molecule has 3 aromatic rings. The lowest BCUT2D eigenvalue weighted by atomic mass is 9.92. The van der Waals surface area contributed by atoms with Crippen LogP contribution in [-0.4, -0.2) is 18.4 Å². The number of benzene rings is 3. The third-order valence-corrected chi connectivity index (χ3v) is 5.19. The van der Waals surface area contributed by atoms with Crippen LogP contribution in [0.4, 0.5) is 0 Å². The summed E-state index contributed by atoms with van der Waals surface area (Å²) in [4.78, 5) is 25.2. The first-order valence-corrected chi connectivity index (χ1v) is 10.5. The SMILES string of the molecule is O=C(CCc1ccccc1)OCC(Cc1ccccc1)C(=O)CCc1ccccc1. The van der Waals surface area contributed by atoms with E-state index in [2.05, 4.69) is 0 Å². The Balaban J connectivity index is 1.54. The van der Waals surface area contributed by atoms with Crippen molar-refractivity contribution in [2.45, 2.75) is 32.1 Å². The van der Waals surface area contributed by atoms with Gasteiger partial charge in [-0.05, 0) is 36.0 Å². The minimum absolute atomic E-state index is 0.135. The Morgan fingerprint density at radius 1 is 0.633 bits per heavy atom. The Hall–Kier alpha value is -3.20. The number of hydrogen-bond donors (Lipinski definition) is 0. The molecule has 0 aliphatic heterocycles. The molecule has 0 saturated carbocycles. The summed E-state index contributed by atoms with van der Waals surface area (Å²) in [6.45, 7) is 0.135. The van der Waals surface area contributed by atoms with E-state index >= 15 is 0 Å². The molecule has 0 heterocycles. The highest BCUT2D eigenvalue weighted by atomic mass is 16.5. The Bertz CT molecular complexity index is 905.